The summed E-state index contributed by atoms with van der Waals surface area (Å²) in [5.74, 6) is 0.264. The molecule has 92 valence electrons. The van der Waals surface area contributed by atoms with Gasteiger partial charge < -0.3 is 11.1 Å². The molecule has 1 aromatic rings. The Hall–Kier alpha value is -1.42. The third-order valence-electron chi connectivity index (χ3n) is 3.45. The highest BCUT2D eigenvalue weighted by Gasteiger charge is 2.44. The van der Waals surface area contributed by atoms with E-state index < -0.39 is 5.54 Å². The number of nitrogens with two attached hydrogens (primary N) is 1. The van der Waals surface area contributed by atoms with E-state index in [2.05, 4.69) is 10.3 Å². The number of nitrogens with one attached hydrogen (secondary N) is 1. The third kappa shape index (κ3) is 2.64. The highest BCUT2D eigenvalue weighted by atomic mass is 16.2. The molecule has 1 aliphatic rings. The highest BCUT2D eigenvalue weighted by molar-refractivity contribution is 5.86. The second kappa shape index (κ2) is 4.45. The number of pyridine rings is 1. The number of hydrogen-bond donors (Lipinski definition) is 2. The maximum Gasteiger partial charge on any atom is 0.240 e. The van der Waals surface area contributed by atoms with Crippen LogP contribution < -0.4 is 11.1 Å². The highest BCUT2D eigenvalue weighted by Crippen LogP contribution is 2.38. The Morgan fingerprint density at radius 3 is 2.88 bits per heavy atom. The molecule has 4 heteroatoms. The SMILES string of the molecule is C[C@H](NC(=O)C(C)(N)C1CC1)c1cccnc1. The van der Waals surface area contributed by atoms with Gasteiger partial charge in [-0.25, -0.2) is 0 Å². The van der Waals surface area contributed by atoms with Crippen LogP contribution in [0.4, 0.5) is 0 Å². The predicted molar refractivity (Wildman–Crippen MR) is 66.1 cm³/mol. The van der Waals surface area contributed by atoms with Crippen molar-refractivity contribution in [3.8, 4) is 0 Å². The lowest BCUT2D eigenvalue weighted by Gasteiger charge is -2.25. The summed E-state index contributed by atoms with van der Waals surface area (Å²) in [6, 6.07) is 3.75. The van der Waals surface area contributed by atoms with Crippen LogP contribution in [0.25, 0.3) is 0 Å². The summed E-state index contributed by atoms with van der Waals surface area (Å²) in [7, 11) is 0. The van der Waals surface area contributed by atoms with Gasteiger partial charge in [-0.2, -0.15) is 0 Å². The van der Waals surface area contributed by atoms with E-state index in [1.54, 1.807) is 12.4 Å². The van der Waals surface area contributed by atoms with E-state index in [4.69, 9.17) is 5.73 Å². The van der Waals surface area contributed by atoms with E-state index >= 15 is 0 Å². The molecule has 1 aromatic heterocycles. The number of carbonyl (C=O) groups is 1. The summed E-state index contributed by atoms with van der Waals surface area (Å²) >= 11 is 0. The van der Waals surface area contributed by atoms with Crippen LogP contribution in [0.15, 0.2) is 24.5 Å². The monoisotopic (exact) mass is 233 g/mol. The van der Waals surface area contributed by atoms with Crippen LogP contribution in [-0.4, -0.2) is 16.4 Å². The number of rotatable bonds is 4. The fourth-order valence-corrected chi connectivity index (χ4v) is 1.94. The molecule has 0 aliphatic heterocycles. The quantitative estimate of drug-likeness (QED) is 0.825. The second-order valence-electron chi connectivity index (χ2n) is 5.04. The first-order valence-corrected chi connectivity index (χ1v) is 6.01. The van der Waals surface area contributed by atoms with Gasteiger partial charge in [-0.1, -0.05) is 6.07 Å². The van der Waals surface area contributed by atoms with Crippen LogP contribution in [-0.2, 0) is 4.79 Å². The molecule has 1 amide bonds. The predicted octanol–water partition coefficient (Wildman–Crippen LogP) is 1.39. The van der Waals surface area contributed by atoms with Crippen LogP contribution in [0, 0.1) is 5.92 Å². The fraction of sp³-hybridized carbons (Fsp3) is 0.538. The number of amides is 1. The van der Waals surface area contributed by atoms with E-state index in [9.17, 15) is 4.79 Å². The molecule has 1 fully saturated rings. The van der Waals surface area contributed by atoms with E-state index in [1.165, 1.54) is 0 Å². The molecule has 0 radical (unpaired) electrons. The molecule has 1 saturated carbocycles. The van der Waals surface area contributed by atoms with Crippen LogP contribution in [0.2, 0.25) is 0 Å². The molecule has 0 bridgehead atoms. The summed E-state index contributed by atoms with van der Waals surface area (Å²) < 4.78 is 0. The maximum absolute atomic E-state index is 12.1. The molecule has 2 atom stereocenters. The van der Waals surface area contributed by atoms with Crippen molar-refractivity contribution < 1.29 is 4.79 Å². The van der Waals surface area contributed by atoms with Gasteiger partial charge in [0.1, 0.15) is 0 Å². The molecule has 0 aromatic carbocycles. The Labute approximate surface area is 102 Å². The Morgan fingerprint density at radius 1 is 1.65 bits per heavy atom. The van der Waals surface area contributed by atoms with Crippen molar-refractivity contribution in [3.63, 3.8) is 0 Å². The summed E-state index contributed by atoms with van der Waals surface area (Å²) in [6.07, 6.45) is 5.59. The van der Waals surface area contributed by atoms with E-state index in [-0.39, 0.29) is 11.9 Å². The average molecular weight is 233 g/mol. The van der Waals surface area contributed by atoms with E-state index in [0.29, 0.717) is 5.92 Å². The van der Waals surface area contributed by atoms with Gasteiger partial charge in [0.2, 0.25) is 5.91 Å². The standard InChI is InChI=1S/C13H19N3O/c1-9(10-4-3-7-15-8-10)16-12(17)13(2,14)11-5-6-11/h3-4,7-9,11H,5-6,14H2,1-2H3,(H,16,17)/t9-,13?/m0/s1. The molecule has 17 heavy (non-hydrogen) atoms. The van der Waals surface area contributed by atoms with Gasteiger partial charge in [-0.3, -0.25) is 9.78 Å². The molecule has 0 saturated heterocycles. The second-order valence-corrected chi connectivity index (χ2v) is 5.04. The topological polar surface area (TPSA) is 68.0 Å². The zero-order chi connectivity index (χ0) is 12.5. The lowest BCUT2D eigenvalue weighted by atomic mass is 9.95. The lowest BCUT2D eigenvalue weighted by Crippen LogP contribution is -2.53. The number of carbonyl (C=O) groups excluding carboxylic acids is 1. The van der Waals surface area contributed by atoms with Crippen LogP contribution >= 0.6 is 0 Å². The number of hydrogen-bond acceptors (Lipinski definition) is 3. The van der Waals surface area contributed by atoms with E-state index in [0.717, 1.165) is 18.4 Å². The van der Waals surface area contributed by atoms with Crippen molar-refractivity contribution in [1.29, 1.82) is 0 Å². The Kier molecular flexibility index (Phi) is 3.15. The molecule has 1 aliphatic carbocycles. The summed E-state index contributed by atoms with van der Waals surface area (Å²) in [5.41, 5.74) is 6.32. The van der Waals surface area contributed by atoms with Crippen molar-refractivity contribution in [1.82, 2.24) is 10.3 Å². The average Bonchev–Trinajstić information content (AvgIpc) is 3.14. The molecule has 4 nitrogen and oxygen atoms in total. The summed E-state index contributed by atoms with van der Waals surface area (Å²) in [6.45, 7) is 3.76. The van der Waals surface area contributed by atoms with Crippen LogP contribution in [0.5, 0.6) is 0 Å². The molecular formula is C13H19N3O. The number of aromatic nitrogens is 1. The Balaban J connectivity index is 1.99. The lowest BCUT2D eigenvalue weighted by molar-refractivity contribution is -0.127. The first-order valence-electron chi connectivity index (χ1n) is 6.01. The molecule has 1 unspecified atom stereocenters. The minimum atomic E-state index is -0.740. The molecule has 2 rings (SSSR count). The zero-order valence-corrected chi connectivity index (χ0v) is 10.3. The van der Waals surface area contributed by atoms with Crippen molar-refractivity contribution in [3.05, 3.63) is 30.1 Å². The van der Waals surface area contributed by atoms with Gasteiger partial charge in [0, 0.05) is 12.4 Å². The van der Waals surface area contributed by atoms with Gasteiger partial charge in [0.05, 0.1) is 11.6 Å². The third-order valence-corrected chi connectivity index (χ3v) is 3.45. The Morgan fingerprint density at radius 2 is 2.35 bits per heavy atom. The minimum Gasteiger partial charge on any atom is -0.348 e. The smallest absolute Gasteiger partial charge is 0.240 e. The van der Waals surface area contributed by atoms with Crippen LogP contribution in [0.1, 0.15) is 38.3 Å². The first kappa shape index (κ1) is 12.0. The normalized spacial score (nSPS) is 20.4. The van der Waals surface area contributed by atoms with Gasteiger partial charge in [-0.05, 0) is 44.2 Å². The summed E-state index contributed by atoms with van der Waals surface area (Å²) in [5, 5.41) is 2.95. The van der Waals surface area contributed by atoms with Gasteiger partial charge in [0.15, 0.2) is 0 Å². The van der Waals surface area contributed by atoms with Gasteiger partial charge in [0.25, 0.3) is 0 Å². The van der Waals surface area contributed by atoms with Gasteiger partial charge >= 0.3 is 0 Å². The van der Waals surface area contributed by atoms with Crippen LogP contribution in [0.3, 0.4) is 0 Å². The summed E-state index contributed by atoms with van der Waals surface area (Å²) in [4.78, 5) is 16.1. The first-order chi connectivity index (χ1) is 8.01. The molecule has 1 heterocycles. The number of nitrogens with zero attached hydrogens (tertiary/aromatic N) is 1. The van der Waals surface area contributed by atoms with E-state index in [1.807, 2.05) is 26.0 Å². The fourth-order valence-electron chi connectivity index (χ4n) is 1.94. The molecular weight excluding hydrogens is 214 g/mol. The van der Waals surface area contributed by atoms with Crippen molar-refractivity contribution in [2.75, 3.05) is 0 Å². The van der Waals surface area contributed by atoms with Crippen molar-refractivity contribution in [2.24, 2.45) is 11.7 Å². The van der Waals surface area contributed by atoms with Crippen molar-refractivity contribution in [2.45, 2.75) is 38.3 Å². The van der Waals surface area contributed by atoms with Crippen molar-refractivity contribution >= 4 is 5.91 Å². The minimum absolute atomic E-state index is 0.0576. The maximum atomic E-state index is 12.1. The molecule has 3 N–H and O–H groups in total. The largest absolute Gasteiger partial charge is 0.348 e. The van der Waals surface area contributed by atoms with Gasteiger partial charge in [-0.15, -0.1) is 0 Å². The zero-order valence-electron chi connectivity index (χ0n) is 10.3. The Bertz CT molecular complexity index is 398. The molecule has 0 spiro atoms.